The third-order valence-corrected chi connectivity index (χ3v) is 8.42. The van der Waals surface area contributed by atoms with Gasteiger partial charge in [0.15, 0.2) is 5.75 Å². The lowest BCUT2D eigenvalue weighted by Gasteiger charge is -2.36. The Labute approximate surface area is 227 Å². The van der Waals surface area contributed by atoms with Gasteiger partial charge in [-0.05, 0) is 37.5 Å². The van der Waals surface area contributed by atoms with Gasteiger partial charge in [0.1, 0.15) is 4.90 Å². The number of esters is 1. The van der Waals surface area contributed by atoms with Gasteiger partial charge in [0.25, 0.3) is 0 Å². The second-order valence-corrected chi connectivity index (χ2v) is 11.5. The third-order valence-electron chi connectivity index (χ3n) is 6.81. The summed E-state index contributed by atoms with van der Waals surface area (Å²) in [6, 6.07) is 13.2. The molecule has 0 saturated heterocycles. The Morgan fingerprint density at radius 1 is 1.11 bits per heavy atom. The van der Waals surface area contributed by atoms with Gasteiger partial charge in [0, 0.05) is 32.4 Å². The minimum absolute atomic E-state index is 0.132. The van der Waals surface area contributed by atoms with E-state index in [1.807, 2.05) is 69.2 Å². The zero-order valence-electron chi connectivity index (χ0n) is 23.2. The summed E-state index contributed by atoms with van der Waals surface area (Å²) in [5.74, 6) is -0.185. The number of sulfonamides is 1. The first kappa shape index (κ1) is 29.5. The van der Waals surface area contributed by atoms with Gasteiger partial charge in [-0.2, -0.15) is 0 Å². The highest BCUT2D eigenvalue weighted by molar-refractivity contribution is 7.89. The van der Waals surface area contributed by atoms with Crippen LogP contribution in [0.15, 0.2) is 59.7 Å². The lowest BCUT2D eigenvalue weighted by molar-refractivity contribution is -0.137. The number of hydrogen-bond donors (Lipinski definition) is 1. The lowest BCUT2D eigenvalue weighted by Crippen LogP contribution is -2.52. The number of benzene rings is 2. The van der Waals surface area contributed by atoms with Crippen molar-refractivity contribution >= 4 is 33.1 Å². The molecule has 1 aliphatic rings. The standard InChI is InChI=1S/C29H41N3O5S/c1-6-9-17-29(8-3)22-32(23-14-12-11-13-15-23)25-20-24(31(4)5)26(21-27(25)38(34,35)30-29)36-19-16-28(33)37-18-10-7-2/h11-16,19-21,30H,6-10,17-18,22H2,1-5H3/b19-16+. The number of carbonyl (C=O) groups is 1. The molecule has 3 rings (SSSR count). The lowest BCUT2D eigenvalue weighted by atomic mass is 9.89. The van der Waals surface area contributed by atoms with Gasteiger partial charge in [-0.25, -0.2) is 17.9 Å². The van der Waals surface area contributed by atoms with Crippen LogP contribution < -0.4 is 19.3 Å². The molecule has 38 heavy (non-hydrogen) atoms. The number of para-hydroxylation sites is 1. The Kier molecular flexibility index (Phi) is 10.2. The predicted molar refractivity (Wildman–Crippen MR) is 153 cm³/mol. The maximum Gasteiger partial charge on any atom is 0.333 e. The van der Waals surface area contributed by atoms with Crippen LogP contribution in [-0.2, 0) is 19.6 Å². The quantitative estimate of drug-likeness (QED) is 0.158. The van der Waals surface area contributed by atoms with Crippen LogP contribution in [-0.4, -0.2) is 47.2 Å². The van der Waals surface area contributed by atoms with Gasteiger partial charge in [0.05, 0.1) is 35.9 Å². The second-order valence-electron chi connectivity index (χ2n) is 9.89. The molecule has 1 heterocycles. The third kappa shape index (κ3) is 7.08. The summed E-state index contributed by atoms with van der Waals surface area (Å²) in [6.07, 6.45) is 7.41. The highest BCUT2D eigenvalue weighted by atomic mass is 32.2. The molecule has 0 saturated carbocycles. The van der Waals surface area contributed by atoms with Crippen LogP contribution in [0.4, 0.5) is 17.1 Å². The van der Waals surface area contributed by atoms with Gasteiger partial charge >= 0.3 is 5.97 Å². The molecule has 2 aromatic rings. The van der Waals surface area contributed by atoms with E-state index in [9.17, 15) is 13.2 Å². The number of carbonyl (C=O) groups excluding carboxylic acids is 1. The van der Waals surface area contributed by atoms with Crippen LogP contribution in [0, 0.1) is 0 Å². The molecule has 9 heteroatoms. The molecule has 0 aliphatic carbocycles. The van der Waals surface area contributed by atoms with E-state index < -0.39 is 21.5 Å². The molecule has 1 aliphatic heterocycles. The number of fused-ring (bicyclic) bond motifs is 1. The monoisotopic (exact) mass is 543 g/mol. The summed E-state index contributed by atoms with van der Waals surface area (Å²) in [4.78, 5) is 16.1. The van der Waals surface area contributed by atoms with Crippen molar-refractivity contribution in [1.82, 2.24) is 4.72 Å². The SMILES string of the molecule is CCCCOC(=O)/C=C/Oc1cc2c(cc1N(C)C)N(c1ccccc1)CC(CC)(CCCC)NS2(=O)=O. The molecule has 208 valence electrons. The van der Waals surface area contributed by atoms with Crippen molar-refractivity contribution in [3.8, 4) is 5.75 Å². The molecule has 0 fully saturated rings. The first-order chi connectivity index (χ1) is 18.2. The molecule has 1 N–H and O–H groups in total. The molecular formula is C29H41N3O5S. The Hall–Kier alpha value is -3.04. The summed E-state index contributed by atoms with van der Waals surface area (Å²) in [7, 11) is -0.164. The fraction of sp³-hybridized carbons (Fsp3) is 0.483. The van der Waals surface area contributed by atoms with Crippen molar-refractivity contribution in [3.05, 3.63) is 54.8 Å². The van der Waals surface area contributed by atoms with E-state index in [1.165, 1.54) is 12.3 Å². The molecule has 2 aromatic carbocycles. The number of hydrogen-bond acceptors (Lipinski definition) is 7. The van der Waals surface area contributed by atoms with Gasteiger partial charge in [-0.1, -0.05) is 58.2 Å². The molecule has 0 radical (unpaired) electrons. The molecule has 0 aromatic heterocycles. The summed E-state index contributed by atoms with van der Waals surface area (Å²) in [5, 5.41) is 0. The highest BCUT2D eigenvalue weighted by Crippen LogP contribution is 2.44. The number of nitrogens with zero attached hydrogens (tertiary/aromatic N) is 2. The van der Waals surface area contributed by atoms with Crippen LogP contribution in [0.5, 0.6) is 5.75 Å². The van der Waals surface area contributed by atoms with Gasteiger partial charge in [-0.15, -0.1) is 0 Å². The normalized spacial score (nSPS) is 18.6. The number of rotatable bonds is 12. The fourth-order valence-electron chi connectivity index (χ4n) is 4.54. The summed E-state index contributed by atoms with van der Waals surface area (Å²) in [5.41, 5.74) is 1.54. The van der Waals surface area contributed by atoms with E-state index >= 15 is 0 Å². The Balaban J connectivity index is 2.11. The van der Waals surface area contributed by atoms with Gasteiger partial charge < -0.3 is 19.3 Å². The van der Waals surface area contributed by atoms with Gasteiger partial charge in [0.2, 0.25) is 10.0 Å². The average molecular weight is 544 g/mol. The van der Waals surface area contributed by atoms with E-state index in [2.05, 4.69) is 16.5 Å². The Morgan fingerprint density at radius 2 is 1.82 bits per heavy atom. The van der Waals surface area contributed by atoms with Crippen molar-refractivity contribution in [2.75, 3.05) is 37.0 Å². The topological polar surface area (TPSA) is 88.2 Å². The predicted octanol–water partition coefficient (Wildman–Crippen LogP) is 5.76. The van der Waals surface area contributed by atoms with Gasteiger partial charge in [-0.3, -0.25) is 0 Å². The van der Waals surface area contributed by atoms with Crippen LogP contribution in [0.25, 0.3) is 0 Å². The van der Waals surface area contributed by atoms with Crippen molar-refractivity contribution < 1.29 is 22.7 Å². The largest absolute Gasteiger partial charge is 0.462 e. The Bertz CT molecular complexity index is 1210. The minimum Gasteiger partial charge on any atom is -0.462 e. The second kappa shape index (κ2) is 13.2. The molecule has 0 bridgehead atoms. The Morgan fingerprint density at radius 3 is 2.45 bits per heavy atom. The number of nitrogens with one attached hydrogen (secondary N) is 1. The number of anilines is 3. The minimum atomic E-state index is -3.90. The zero-order valence-corrected chi connectivity index (χ0v) is 24.0. The van der Waals surface area contributed by atoms with E-state index in [0.29, 0.717) is 36.7 Å². The first-order valence-corrected chi connectivity index (χ1v) is 14.9. The molecule has 0 amide bonds. The smallest absolute Gasteiger partial charge is 0.333 e. The van der Waals surface area contributed by atoms with Crippen LogP contribution in [0.1, 0.15) is 59.3 Å². The van der Waals surface area contributed by atoms with Crippen LogP contribution in [0.3, 0.4) is 0 Å². The van der Waals surface area contributed by atoms with Crippen LogP contribution in [0.2, 0.25) is 0 Å². The van der Waals surface area contributed by atoms with E-state index in [0.717, 1.165) is 37.8 Å². The molecule has 8 nitrogen and oxygen atoms in total. The van der Waals surface area contributed by atoms with Crippen molar-refractivity contribution in [2.24, 2.45) is 0 Å². The van der Waals surface area contributed by atoms with E-state index in [-0.39, 0.29) is 4.90 Å². The highest BCUT2D eigenvalue weighted by Gasteiger charge is 2.41. The summed E-state index contributed by atoms with van der Waals surface area (Å²) >= 11 is 0. The summed E-state index contributed by atoms with van der Waals surface area (Å²) in [6.45, 7) is 7.00. The fourth-order valence-corrected chi connectivity index (χ4v) is 6.24. The van der Waals surface area contributed by atoms with Crippen molar-refractivity contribution in [1.29, 1.82) is 0 Å². The van der Waals surface area contributed by atoms with Crippen molar-refractivity contribution in [3.63, 3.8) is 0 Å². The molecule has 0 spiro atoms. The number of ether oxygens (including phenoxy) is 2. The average Bonchev–Trinajstić information content (AvgIpc) is 2.99. The molecule has 1 atom stereocenters. The maximum atomic E-state index is 13.9. The zero-order chi connectivity index (χ0) is 27.8. The van der Waals surface area contributed by atoms with Crippen LogP contribution >= 0.6 is 0 Å². The number of unbranched alkanes of at least 4 members (excludes halogenated alkanes) is 2. The maximum absolute atomic E-state index is 13.9. The van der Waals surface area contributed by atoms with Crippen molar-refractivity contribution in [2.45, 2.75) is 69.7 Å². The first-order valence-electron chi connectivity index (χ1n) is 13.4. The molecule has 1 unspecified atom stereocenters. The summed E-state index contributed by atoms with van der Waals surface area (Å²) < 4.78 is 41.8. The van der Waals surface area contributed by atoms with E-state index in [4.69, 9.17) is 9.47 Å². The van der Waals surface area contributed by atoms with E-state index in [1.54, 1.807) is 6.07 Å². The molecular weight excluding hydrogens is 502 g/mol.